The number of halogens is 1. The lowest BCUT2D eigenvalue weighted by Gasteiger charge is -2.17. The number of benzene rings is 1. The molecule has 5 nitrogen and oxygen atoms in total. The van der Waals surface area contributed by atoms with E-state index in [9.17, 15) is 9.90 Å². The van der Waals surface area contributed by atoms with E-state index in [1.807, 2.05) is 38.1 Å². The molecule has 0 bridgehead atoms. The van der Waals surface area contributed by atoms with E-state index in [2.05, 4.69) is 31.8 Å². The number of hydrazone groups is 1. The second kappa shape index (κ2) is 6.96. The van der Waals surface area contributed by atoms with Crippen molar-refractivity contribution < 1.29 is 9.90 Å². The van der Waals surface area contributed by atoms with Crippen LogP contribution in [0.3, 0.4) is 0 Å². The molecule has 0 saturated heterocycles. The second-order valence-corrected chi connectivity index (χ2v) is 6.33. The Labute approximate surface area is 138 Å². The molecule has 0 fully saturated rings. The number of hydrogen-bond donors (Lipinski definition) is 3. The second-order valence-electron chi connectivity index (χ2n) is 5.42. The van der Waals surface area contributed by atoms with Crippen molar-refractivity contribution in [1.82, 2.24) is 5.32 Å². The number of amides is 1. The Morgan fingerprint density at radius 2 is 2.27 bits per heavy atom. The van der Waals surface area contributed by atoms with Crippen molar-refractivity contribution in [2.45, 2.75) is 33.2 Å². The summed E-state index contributed by atoms with van der Waals surface area (Å²) < 4.78 is 0.933. The van der Waals surface area contributed by atoms with Gasteiger partial charge in [-0.05, 0) is 31.0 Å². The van der Waals surface area contributed by atoms with E-state index in [4.69, 9.17) is 0 Å². The molecule has 22 heavy (non-hydrogen) atoms. The average molecular weight is 366 g/mol. The fourth-order valence-electron chi connectivity index (χ4n) is 2.31. The molecule has 118 valence electrons. The van der Waals surface area contributed by atoms with Gasteiger partial charge in [-0.15, -0.1) is 0 Å². The van der Waals surface area contributed by atoms with E-state index >= 15 is 0 Å². The summed E-state index contributed by atoms with van der Waals surface area (Å²) in [6, 6.07) is 7.21. The van der Waals surface area contributed by atoms with Crippen molar-refractivity contribution in [1.29, 1.82) is 0 Å². The summed E-state index contributed by atoms with van der Waals surface area (Å²) in [6.45, 7) is 5.73. The zero-order valence-corrected chi connectivity index (χ0v) is 14.4. The van der Waals surface area contributed by atoms with E-state index in [0.29, 0.717) is 5.71 Å². The Balaban J connectivity index is 2.20. The van der Waals surface area contributed by atoms with Crippen LogP contribution in [0.25, 0.3) is 0 Å². The molecule has 0 unspecified atom stereocenters. The zero-order valence-electron chi connectivity index (χ0n) is 12.9. The molecule has 1 aliphatic rings. The molecular formula is C16H20BrN3O2. The summed E-state index contributed by atoms with van der Waals surface area (Å²) in [4.78, 5) is 12.1. The molecule has 1 aromatic carbocycles. The Hall–Kier alpha value is -1.82. The fraction of sp³-hybridized carbons (Fsp3) is 0.375. The molecule has 6 heteroatoms. The SMILES string of the molecule is CC[C@H](C)[C@@H]1NC(=O)C(C(C)=NNc2cccc(Br)c2)=C1O. The standard InChI is InChI=1S/C16H20BrN3O2/c1-4-9(2)14-15(21)13(16(22)18-14)10(3)19-20-12-7-5-6-11(17)8-12/h5-9,14,20-21H,4H2,1-3H3,(H,18,22)/t9-,14-/m0/s1. The van der Waals surface area contributed by atoms with Crippen LogP contribution < -0.4 is 10.7 Å². The number of aliphatic hydroxyl groups excluding tert-OH is 1. The molecule has 1 aliphatic heterocycles. The van der Waals surface area contributed by atoms with Crippen LogP contribution in [-0.2, 0) is 4.79 Å². The summed E-state index contributed by atoms with van der Waals surface area (Å²) in [5.74, 6) is -0.0241. The van der Waals surface area contributed by atoms with Crippen LogP contribution in [0.15, 0.2) is 45.2 Å². The first-order valence-electron chi connectivity index (χ1n) is 7.24. The number of aliphatic hydroxyl groups is 1. The number of nitrogens with one attached hydrogen (secondary N) is 2. The summed E-state index contributed by atoms with van der Waals surface area (Å²) in [7, 11) is 0. The maximum atomic E-state index is 12.1. The van der Waals surface area contributed by atoms with Crippen LogP contribution in [0.5, 0.6) is 0 Å². The first kappa shape index (κ1) is 16.5. The van der Waals surface area contributed by atoms with E-state index in [0.717, 1.165) is 16.6 Å². The number of anilines is 1. The zero-order chi connectivity index (χ0) is 16.3. The maximum Gasteiger partial charge on any atom is 0.257 e. The molecule has 0 aliphatic carbocycles. The van der Waals surface area contributed by atoms with Crippen molar-refractivity contribution in [3.63, 3.8) is 0 Å². The third-order valence-electron chi connectivity index (χ3n) is 3.82. The number of hydrogen-bond acceptors (Lipinski definition) is 4. The molecule has 0 saturated carbocycles. The summed E-state index contributed by atoms with van der Waals surface area (Å²) in [6.07, 6.45) is 0.870. The largest absolute Gasteiger partial charge is 0.509 e. The van der Waals surface area contributed by atoms with Gasteiger partial charge in [0.05, 0.1) is 17.4 Å². The predicted octanol–water partition coefficient (Wildman–Crippen LogP) is 3.59. The quantitative estimate of drug-likeness (QED) is 0.551. The highest BCUT2D eigenvalue weighted by Crippen LogP contribution is 2.24. The van der Waals surface area contributed by atoms with Crippen LogP contribution in [0.1, 0.15) is 27.2 Å². The Morgan fingerprint density at radius 3 is 2.91 bits per heavy atom. The average Bonchev–Trinajstić information content (AvgIpc) is 2.79. The first-order chi connectivity index (χ1) is 10.4. The molecule has 1 heterocycles. The normalized spacial score (nSPS) is 20.1. The van der Waals surface area contributed by atoms with E-state index in [-0.39, 0.29) is 29.2 Å². The van der Waals surface area contributed by atoms with Crippen molar-refractivity contribution in [2.24, 2.45) is 11.0 Å². The lowest BCUT2D eigenvalue weighted by Crippen LogP contribution is -2.34. The highest BCUT2D eigenvalue weighted by atomic mass is 79.9. The lowest BCUT2D eigenvalue weighted by atomic mass is 9.97. The van der Waals surface area contributed by atoms with Crippen molar-refractivity contribution in [2.75, 3.05) is 5.43 Å². The van der Waals surface area contributed by atoms with Gasteiger partial charge in [0.2, 0.25) is 0 Å². The van der Waals surface area contributed by atoms with E-state index in [1.54, 1.807) is 6.92 Å². The molecule has 2 atom stereocenters. The van der Waals surface area contributed by atoms with Gasteiger partial charge < -0.3 is 10.4 Å². The molecule has 0 aromatic heterocycles. The molecule has 2 rings (SSSR count). The third kappa shape index (κ3) is 3.50. The predicted molar refractivity (Wildman–Crippen MR) is 91.9 cm³/mol. The number of nitrogens with zero attached hydrogens (tertiary/aromatic N) is 1. The molecule has 1 aromatic rings. The van der Waals surface area contributed by atoms with Crippen molar-refractivity contribution in [3.05, 3.63) is 40.1 Å². The highest BCUT2D eigenvalue weighted by Gasteiger charge is 2.35. The smallest absolute Gasteiger partial charge is 0.257 e. The van der Waals surface area contributed by atoms with Gasteiger partial charge in [0.25, 0.3) is 5.91 Å². The Kier molecular flexibility index (Phi) is 5.24. The highest BCUT2D eigenvalue weighted by molar-refractivity contribution is 9.10. The minimum Gasteiger partial charge on any atom is -0.509 e. The lowest BCUT2D eigenvalue weighted by molar-refractivity contribution is -0.116. The maximum absolute atomic E-state index is 12.1. The van der Waals surface area contributed by atoms with Gasteiger partial charge >= 0.3 is 0 Å². The van der Waals surface area contributed by atoms with E-state index in [1.165, 1.54) is 0 Å². The van der Waals surface area contributed by atoms with Crippen LogP contribution in [0, 0.1) is 5.92 Å². The van der Waals surface area contributed by atoms with Crippen LogP contribution in [0.2, 0.25) is 0 Å². The van der Waals surface area contributed by atoms with E-state index < -0.39 is 0 Å². The summed E-state index contributed by atoms with van der Waals surface area (Å²) in [5, 5.41) is 17.3. The Morgan fingerprint density at radius 1 is 1.55 bits per heavy atom. The third-order valence-corrected chi connectivity index (χ3v) is 4.31. The van der Waals surface area contributed by atoms with Gasteiger partial charge in [0.15, 0.2) is 0 Å². The van der Waals surface area contributed by atoms with Gasteiger partial charge in [-0.25, -0.2) is 0 Å². The first-order valence-corrected chi connectivity index (χ1v) is 8.03. The molecule has 0 spiro atoms. The Bertz CT molecular complexity index is 640. The van der Waals surface area contributed by atoms with Crippen molar-refractivity contribution in [3.8, 4) is 0 Å². The van der Waals surface area contributed by atoms with Gasteiger partial charge in [0, 0.05) is 4.47 Å². The number of rotatable bonds is 5. The molecule has 1 amide bonds. The summed E-state index contributed by atoms with van der Waals surface area (Å²) in [5.41, 5.74) is 4.41. The minimum absolute atomic E-state index is 0.0802. The fourth-order valence-corrected chi connectivity index (χ4v) is 2.71. The number of carbonyl (C=O) groups excluding carboxylic acids is 1. The van der Waals surface area contributed by atoms with Crippen molar-refractivity contribution >= 4 is 33.2 Å². The molecule has 0 radical (unpaired) electrons. The van der Waals surface area contributed by atoms with Crippen LogP contribution >= 0.6 is 15.9 Å². The minimum atomic E-state index is -0.330. The van der Waals surface area contributed by atoms with Crippen LogP contribution in [0.4, 0.5) is 5.69 Å². The van der Waals surface area contributed by atoms with Gasteiger partial charge in [0.1, 0.15) is 11.3 Å². The number of carbonyl (C=O) groups is 1. The topological polar surface area (TPSA) is 73.7 Å². The summed E-state index contributed by atoms with van der Waals surface area (Å²) >= 11 is 3.38. The van der Waals surface area contributed by atoms with Gasteiger partial charge in [-0.1, -0.05) is 42.3 Å². The molecular weight excluding hydrogens is 346 g/mol. The van der Waals surface area contributed by atoms with Gasteiger partial charge in [-0.2, -0.15) is 5.10 Å². The molecule has 3 N–H and O–H groups in total. The van der Waals surface area contributed by atoms with Crippen LogP contribution in [-0.4, -0.2) is 22.8 Å². The monoisotopic (exact) mass is 365 g/mol. The van der Waals surface area contributed by atoms with Gasteiger partial charge in [-0.3, -0.25) is 10.2 Å².